The van der Waals surface area contributed by atoms with Gasteiger partial charge in [0, 0.05) is 18.8 Å². The Morgan fingerprint density at radius 1 is 1.43 bits per heavy atom. The molecule has 2 amide bonds. The minimum absolute atomic E-state index is 0.0978. The molecule has 0 aliphatic carbocycles. The fourth-order valence-electron chi connectivity index (χ4n) is 2.71. The van der Waals surface area contributed by atoms with E-state index >= 15 is 0 Å². The van der Waals surface area contributed by atoms with Gasteiger partial charge in [0.25, 0.3) is 0 Å². The van der Waals surface area contributed by atoms with Crippen LogP contribution in [0.1, 0.15) is 42.1 Å². The molecule has 0 saturated carbocycles. The van der Waals surface area contributed by atoms with Gasteiger partial charge < -0.3 is 15.3 Å². The minimum Gasteiger partial charge on any atom is -0.478 e. The second-order valence-corrected chi connectivity index (χ2v) is 5.63. The number of piperidine rings is 1. The van der Waals surface area contributed by atoms with Crippen molar-refractivity contribution < 1.29 is 14.7 Å². The lowest BCUT2D eigenvalue weighted by Gasteiger charge is -2.32. The molecule has 1 atom stereocenters. The number of carboxylic acid groups (broad SMARTS) is 1. The van der Waals surface area contributed by atoms with Crippen LogP contribution >= 0.6 is 0 Å². The molecule has 1 aromatic rings. The zero-order valence-electron chi connectivity index (χ0n) is 12.6. The van der Waals surface area contributed by atoms with Gasteiger partial charge in [-0.3, -0.25) is 0 Å². The molecule has 5 nitrogen and oxygen atoms in total. The summed E-state index contributed by atoms with van der Waals surface area (Å²) in [5.74, 6) is -0.377. The van der Waals surface area contributed by atoms with E-state index in [1.165, 1.54) is 12.5 Å². The van der Waals surface area contributed by atoms with E-state index in [1.54, 1.807) is 19.1 Å². The normalized spacial score (nSPS) is 18.4. The maximum atomic E-state index is 12.3. The fraction of sp³-hybridized carbons (Fsp3) is 0.500. The first-order chi connectivity index (χ1) is 10.0. The van der Waals surface area contributed by atoms with Gasteiger partial charge >= 0.3 is 12.0 Å². The Bertz CT molecular complexity index is 542. The second-order valence-electron chi connectivity index (χ2n) is 5.63. The van der Waals surface area contributed by atoms with Crippen LogP contribution < -0.4 is 5.32 Å². The van der Waals surface area contributed by atoms with E-state index in [0.29, 0.717) is 11.6 Å². The van der Waals surface area contributed by atoms with E-state index in [9.17, 15) is 9.59 Å². The Labute approximate surface area is 125 Å². The Kier molecular flexibility index (Phi) is 4.83. The molecule has 21 heavy (non-hydrogen) atoms. The summed E-state index contributed by atoms with van der Waals surface area (Å²) in [5, 5.41) is 11.8. The number of hydrogen-bond donors (Lipinski definition) is 2. The number of carbonyl (C=O) groups excluding carboxylic acids is 1. The van der Waals surface area contributed by atoms with Crippen LogP contribution in [0.15, 0.2) is 18.2 Å². The maximum Gasteiger partial charge on any atom is 0.335 e. The van der Waals surface area contributed by atoms with Gasteiger partial charge in [-0.2, -0.15) is 0 Å². The van der Waals surface area contributed by atoms with Crippen molar-refractivity contribution in [1.82, 2.24) is 4.90 Å². The molecule has 1 saturated heterocycles. The van der Waals surface area contributed by atoms with Crippen LogP contribution in [0.2, 0.25) is 0 Å². The maximum absolute atomic E-state index is 12.3. The topological polar surface area (TPSA) is 69.6 Å². The van der Waals surface area contributed by atoms with Gasteiger partial charge in [0.05, 0.1) is 5.56 Å². The third-order valence-corrected chi connectivity index (χ3v) is 4.10. The molecule has 2 rings (SSSR count). The van der Waals surface area contributed by atoms with Crippen LogP contribution in [0.3, 0.4) is 0 Å². The van der Waals surface area contributed by atoms with Crippen LogP contribution in [-0.4, -0.2) is 35.1 Å². The summed E-state index contributed by atoms with van der Waals surface area (Å²) >= 11 is 0. The molecule has 1 unspecified atom stereocenters. The van der Waals surface area contributed by atoms with Crippen molar-refractivity contribution >= 4 is 17.7 Å². The van der Waals surface area contributed by atoms with Crippen LogP contribution in [0.5, 0.6) is 0 Å². The molecule has 1 aliphatic rings. The number of rotatable bonds is 3. The fourth-order valence-corrected chi connectivity index (χ4v) is 2.71. The summed E-state index contributed by atoms with van der Waals surface area (Å²) in [6.45, 7) is 5.54. The van der Waals surface area contributed by atoms with Crippen molar-refractivity contribution in [3.63, 3.8) is 0 Å². The van der Waals surface area contributed by atoms with E-state index in [2.05, 4.69) is 12.2 Å². The Morgan fingerprint density at radius 3 is 2.81 bits per heavy atom. The molecule has 1 aromatic carbocycles. The zero-order chi connectivity index (χ0) is 15.4. The van der Waals surface area contributed by atoms with E-state index in [4.69, 9.17) is 5.11 Å². The van der Waals surface area contributed by atoms with Crippen molar-refractivity contribution in [3.8, 4) is 0 Å². The minimum atomic E-state index is -0.960. The number of likely N-dealkylation sites (tertiary alicyclic amines) is 1. The predicted octanol–water partition coefficient (Wildman–Crippen LogP) is 3.35. The Hall–Kier alpha value is -2.04. The molecule has 1 heterocycles. The molecule has 0 spiro atoms. The molecular formula is C16H22N2O3. The standard InChI is InChI=1S/C16H22N2O3/c1-3-12-5-4-8-18(10-12)16(21)17-14-7-6-13(15(19)20)9-11(14)2/h6-7,9,12H,3-5,8,10H2,1-2H3,(H,17,21)(H,19,20). The summed E-state index contributed by atoms with van der Waals surface area (Å²) in [6, 6.07) is 4.64. The van der Waals surface area contributed by atoms with Gasteiger partial charge in [0.15, 0.2) is 0 Å². The third kappa shape index (κ3) is 3.74. The lowest BCUT2D eigenvalue weighted by Crippen LogP contribution is -2.42. The first kappa shape index (κ1) is 15.4. The second kappa shape index (κ2) is 6.61. The van der Waals surface area contributed by atoms with Gasteiger partial charge in [-0.1, -0.05) is 13.3 Å². The summed E-state index contributed by atoms with van der Waals surface area (Å²) in [4.78, 5) is 25.1. The van der Waals surface area contributed by atoms with Crippen LogP contribution in [-0.2, 0) is 0 Å². The number of benzene rings is 1. The molecule has 0 aromatic heterocycles. The average Bonchev–Trinajstić information content (AvgIpc) is 2.49. The highest BCUT2D eigenvalue weighted by Crippen LogP contribution is 2.21. The molecule has 0 bridgehead atoms. The Balaban J connectivity index is 2.04. The van der Waals surface area contributed by atoms with Crippen molar-refractivity contribution in [1.29, 1.82) is 0 Å². The number of anilines is 1. The summed E-state index contributed by atoms with van der Waals surface area (Å²) in [5.41, 5.74) is 1.66. The van der Waals surface area contributed by atoms with E-state index < -0.39 is 5.97 Å². The third-order valence-electron chi connectivity index (χ3n) is 4.10. The Morgan fingerprint density at radius 2 is 2.19 bits per heavy atom. The highest BCUT2D eigenvalue weighted by Gasteiger charge is 2.22. The average molecular weight is 290 g/mol. The SMILES string of the molecule is CCC1CCCN(C(=O)Nc2ccc(C(=O)O)cc2C)C1. The lowest BCUT2D eigenvalue weighted by atomic mass is 9.96. The highest BCUT2D eigenvalue weighted by molar-refractivity contribution is 5.92. The molecule has 2 N–H and O–H groups in total. The molecule has 1 aliphatic heterocycles. The van der Waals surface area contributed by atoms with Gasteiger partial charge in [-0.15, -0.1) is 0 Å². The number of nitrogens with zero attached hydrogens (tertiary/aromatic N) is 1. The number of hydrogen-bond acceptors (Lipinski definition) is 2. The number of aryl methyl sites for hydroxylation is 1. The molecule has 5 heteroatoms. The van der Waals surface area contributed by atoms with Crippen molar-refractivity contribution in [2.75, 3.05) is 18.4 Å². The van der Waals surface area contributed by atoms with Crippen LogP contribution in [0.4, 0.5) is 10.5 Å². The number of nitrogens with one attached hydrogen (secondary N) is 1. The van der Waals surface area contributed by atoms with E-state index in [1.807, 2.05) is 4.90 Å². The van der Waals surface area contributed by atoms with E-state index in [-0.39, 0.29) is 11.6 Å². The van der Waals surface area contributed by atoms with Gasteiger partial charge in [-0.25, -0.2) is 9.59 Å². The number of urea groups is 1. The summed E-state index contributed by atoms with van der Waals surface area (Å²) in [6.07, 6.45) is 3.32. The first-order valence-corrected chi connectivity index (χ1v) is 7.41. The largest absolute Gasteiger partial charge is 0.478 e. The van der Waals surface area contributed by atoms with Crippen LogP contribution in [0.25, 0.3) is 0 Å². The smallest absolute Gasteiger partial charge is 0.335 e. The van der Waals surface area contributed by atoms with Gasteiger partial charge in [0.1, 0.15) is 0 Å². The summed E-state index contributed by atoms with van der Waals surface area (Å²) in [7, 11) is 0. The van der Waals surface area contributed by atoms with Gasteiger partial charge in [0.2, 0.25) is 0 Å². The predicted molar refractivity (Wildman–Crippen MR) is 81.7 cm³/mol. The number of amides is 2. The zero-order valence-corrected chi connectivity index (χ0v) is 12.6. The van der Waals surface area contributed by atoms with Crippen molar-refractivity contribution in [2.24, 2.45) is 5.92 Å². The lowest BCUT2D eigenvalue weighted by molar-refractivity contribution is 0.0697. The number of aromatic carboxylic acids is 1. The first-order valence-electron chi connectivity index (χ1n) is 7.41. The molecule has 0 radical (unpaired) electrons. The van der Waals surface area contributed by atoms with Crippen molar-refractivity contribution in [3.05, 3.63) is 29.3 Å². The van der Waals surface area contributed by atoms with E-state index in [0.717, 1.165) is 31.5 Å². The number of carbonyl (C=O) groups is 2. The van der Waals surface area contributed by atoms with Crippen molar-refractivity contribution in [2.45, 2.75) is 33.1 Å². The molecule has 1 fully saturated rings. The number of carboxylic acids is 1. The molecule has 114 valence electrons. The quantitative estimate of drug-likeness (QED) is 0.897. The monoisotopic (exact) mass is 290 g/mol. The molecular weight excluding hydrogens is 268 g/mol. The van der Waals surface area contributed by atoms with Crippen LogP contribution in [0, 0.1) is 12.8 Å². The summed E-state index contributed by atoms with van der Waals surface area (Å²) < 4.78 is 0. The highest BCUT2D eigenvalue weighted by atomic mass is 16.4. The van der Waals surface area contributed by atoms with Gasteiger partial charge in [-0.05, 0) is 49.4 Å².